The van der Waals surface area contributed by atoms with Crippen LogP contribution in [-0.4, -0.2) is 53.9 Å². The first-order valence-corrected chi connectivity index (χ1v) is 9.78. The van der Waals surface area contributed by atoms with E-state index >= 15 is 0 Å². The molecule has 7 nitrogen and oxygen atoms in total. The summed E-state index contributed by atoms with van der Waals surface area (Å²) >= 11 is 0. The van der Waals surface area contributed by atoms with E-state index in [-0.39, 0.29) is 24.2 Å². The van der Waals surface area contributed by atoms with Gasteiger partial charge in [-0.3, -0.25) is 14.6 Å². The van der Waals surface area contributed by atoms with E-state index in [0.29, 0.717) is 37.7 Å². The molecule has 1 aromatic carbocycles. The quantitative estimate of drug-likeness (QED) is 0.775. The van der Waals surface area contributed by atoms with Gasteiger partial charge in [-0.1, -0.05) is 6.07 Å². The van der Waals surface area contributed by atoms with Crippen molar-refractivity contribution in [2.24, 2.45) is 5.92 Å². The molecule has 1 saturated heterocycles. The largest absolute Gasteiger partial charge is 0.493 e. The molecule has 1 unspecified atom stereocenters. The molecule has 2 aliphatic rings. The normalized spacial score (nSPS) is 18.6. The second-order valence-electron chi connectivity index (χ2n) is 7.52. The topological polar surface area (TPSA) is 72.0 Å². The number of rotatable bonds is 5. The summed E-state index contributed by atoms with van der Waals surface area (Å²) in [5.74, 6) is 1.15. The van der Waals surface area contributed by atoms with Crippen molar-refractivity contribution >= 4 is 11.8 Å². The zero-order chi connectivity index (χ0) is 20.4. The average Bonchev–Trinajstić information content (AvgIpc) is 3.12. The molecule has 4 rings (SSSR count). The van der Waals surface area contributed by atoms with Crippen LogP contribution in [0.3, 0.4) is 0 Å². The number of ether oxygens (including phenoxy) is 2. The van der Waals surface area contributed by atoms with Gasteiger partial charge in [0, 0.05) is 45.0 Å². The number of benzene rings is 1. The molecule has 1 fully saturated rings. The summed E-state index contributed by atoms with van der Waals surface area (Å²) in [5, 5.41) is 0. The lowest BCUT2D eigenvalue weighted by Crippen LogP contribution is -2.40. The number of hydrogen-bond donors (Lipinski definition) is 0. The summed E-state index contributed by atoms with van der Waals surface area (Å²) in [6, 6.07) is 7.73. The first kappa shape index (κ1) is 19.2. The monoisotopic (exact) mass is 395 g/mol. The summed E-state index contributed by atoms with van der Waals surface area (Å²) in [6.07, 6.45) is 4.50. The first-order valence-electron chi connectivity index (χ1n) is 9.78. The molecule has 0 aliphatic carbocycles. The maximum absolute atomic E-state index is 13.1. The molecule has 2 amide bonds. The summed E-state index contributed by atoms with van der Waals surface area (Å²) in [7, 11) is 3.23. The van der Waals surface area contributed by atoms with Crippen LogP contribution in [0.2, 0.25) is 0 Å². The molecule has 2 aliphatic heterocycles. The van der Waals surface area contributed by atoms with Gasteiger partial charge in [-0.25, -0.2) is 0 Å². The van der Waals surface area contributed by atoms with Crippen molar-refractivity contribution in [2.75, 3.05) is 27.3 Å². The zero-order valence-corrected chi connectivity index (χ0v) is 16.8. The molecule has 1 aromatic heterocycles. The fraction of sp³-hybridized carbons (Fsp3) is 0.409. The Bertz CT molecular complexity index is 916. The van der Waals surface area contributed by atoms with Gasteiger partial charge < -0.3 is 19.3 Å². The van der Waals surface area contributed by atoms with Crippen molar-refractivity contribution in [1.82, 2.24) is 14.8 Å². The van der Waals surface area contributed by atoms with Crippen LogP contribution in [0, 0.1) is 5.92 Å². The highest BCUT2D eigenvalue weighted by atomic mass is 16.5. The average molecular weight is 395 g/mol. The second-order valence-corrected chi connectivity index (χ2v) is 7.52. The lowest BCUT2D eigenvalue weighted by atomic mass is 9.97. The van der Waals surface area contributed by atoms with Gasteiger partial charge in [0.05, 0.1) is 20.1 Å². The van der Waals surface area contributed by atoms with Crippen molar-refractivity contribution in [1.29, 1.82) is 0 Å². The van der Waals surface area contributed by atoms with Crippen LogP contribution < -0.4 is 9.47 Å². The Morgan fingerprint density at radius 2 is 1.97 bits per heavy atom. The molecule has 0 spiro atoms. The van der Waals surface area contributed by atoms with Crippen LogP contribution in [0.15, 0.2) is 36.7 Å². The molecule has 2 aromatic rings. The van der Waals surface area contributed by atoms with Crippen molar-refractivity contribution in [3.05, 3.63) is 53.3 Å². The van der Waals surface area contributed by atoms with E-state index in [2.05, 4.69) is 4.98 Å². The Morgan fingerprint density at radius 3 is 2.66 bits per heavy atom. The van der Waals surface area contributed by atoms with Crippen molar-refractivity contribution in [3.63, 3.8) is 0 Å². The molecule has 3 heterocycles. The molecule has 0 N–H and O–H groups in total. The van der Waals surface area contributed by atoms with Gasteiger partial charge in [0.25, 0.3) is 0 Å². The van der Waals surface area contributed by atoms with Crippen molar-refractivity contribution in [3.8, 4) is 11.5 Å². The van der Waals surface area contributed by atoms with E-state index < -0.39 is 0 Å². The minimum absolute atomic E-state index is 0.0241. The SMILES string of the molecule is COc1cc2c(cc1OC)CN(C(=O)C1CC(=O)N(Cc3cccnc3)C1)CC2. The van der Waals surface area contributed by atoms with E-state index in [1.807, 2.05) is 29.2 Å². The van der Waals surface area contributed by atoms with E-state index in [0.717, 1.165) is 17.5 Å². The van der Waals surface area contributed by atoms with Gasteiger partial charge >= 0.3 is 0 Å². The van der Waals surface area contributed by atoms with E-state index in [9.17, 15) is 9.59 Å². The van der Waals surface area contributed by atoms with Gasteiger partial charge in [-0.05, 0) is 41.3 Å². The summed E-state index contributed by atoms with van der Waals surface area (Å²) < 4.78 is 10.8. The van der Waals surface area contributed by atoms with Gasteiger partial charge in [-0.15, -0.1) is 0 Å². The number of fused-ring (bicyclic) bond motifs is 1. The predicted octanol–water partition coefficient (Wildman–Crippen LogP) is 2.03. The van der Waals surface area contributed by atoms with Crippen LogP contribution >= 0.6 is 0 Å². The van der Waals surface area contributed by atoms with Crippen LogP contribution in [0.25, 0.3) is 0 Å². The number of amides is 2. The Balaban J connectivity index is 1.43. The van der Waals surface area contributed by atoms with Crippen LogP contribution in [0.5, 0.6) is 11.5 Å². The van der Waals surface area contributed by atoms with Gasteiger partial charge in [-0.2, -0.15) is 0 Å². The Hall–Kier alpha value is -3.09. The van der Waals surface area contributed by atoms with Gasteiger partial charge in [0.1, 0.15) is 0 Å². The lowest BCUT2D eigenvalue weighted by Gasteiger charge is -2.31. The maximum Gasteiger partial charge on any atom is 0.228 e. The number of likely N-dealkylation sites (tertiary alicyclic amines) is 1. The van der Waals surface area contributed by atoms with E-state index in [1.54, 1.807) is 31.5 Å². The molecule has 0 radical (unpaired) electrons. The predicted molar refractivity (Wildman–Crippen MR) is 106 cm³/mol. The minimum Gasteiger partial charge on any atom is -0.493 e. The van der Waals surface area contributed by atoms with E-state index in [1.165, 1.54) is 5.56 Å². The highest BCUT2D eigenvalue weighted by molar-refractivity contribution is 5.89. The highest BCUT2D eigenvalue weighted by Gasteiger charge is 2.37. The number of methoxy groups -OCH3 is 2. The summed E-state index contributed by atoms with van der Waals surface area (Å²) in [4.78, 5) is 33.3. The minimum atomic E-state index is -0.291. The van der Waals surface area contributed by atoms with Crippen LogP contribution in [0.1, 0.15) is 23.1 Å². The molecule has 152 valence electrons. The third kappa shape index (κ3) is 3.90. The smallest absolute Gasteiger partial charge is 0.228 e. The van der Waals surface area contributed by atoms with Crippen LogP contribution in [-0.2, 0) is 29.1 Å². The Labute approximate surface area is 170 Å². The summed E-state index contributed by atoms with van der Waals surface area (Å²) in [6.45, 7) is 2.13. The molecular formula is C22H25N3O4. The zero-order valence-electron chi connectivity index (χ0n) is 16.8. The fourth-order valence-electron chi connectivity index (χ4n) is 4.13. The van der Waals surface area contributed by atoms with Crippen molar-refractivity contribution in [2.45, 2.75) is 25.9 Å². The van der Waals surface area contributed by atoms with Crippen molar-refractivity contribution < 1.29 is 19.1 Å². The first-order chi connectivity index (χ1) is 14.1. The Kier molecular flexibility index (Phi) is 5.38. The second kappa shape index (κ2) is 8.11. The molecule has 1 atom stereocenters. The number of hydrogen-bond acceptors (Lipinski definition) is 5. The lowest BCUT2D eigenvalue weighted by molar-refractivity contribution is -0.136. The number of aromatic nitrogens is 1. The number of carbonyl (C=O) groups excluding carboxylic acids is 2. The van der Waals surface area contributed by atoms with Gasteiger partial charge in [0.2, 0.25) is 11.8 Å². The molecule has 0 bridgehead atoms. The third-order valence-corrected chi connectivity index (χ3v) is 5.69. The standard InChI is InChI=1S/C22H25N3O4/c1-28-19-8-16-5-7-24(13-17(16)9-20(19)29-2)22(27)18-10-21(26)25(14-18)12-15-4-3-6-23-11-15/h3-4,6,8-9,11,18H,5,7,10,12-14H2,1-2H3. The molecule has 7 heteroatoms. The molecular weight excluding hydrogens is 370 g/mol. The highest BCUT2D eigenvalue weighted by Crippen LogP contribution is 2.34. The number of nitrogens with zero attached hydrogens (tertiary/aromatic N) is 3. The number of pyridine rings is 1. The number of carbonyl (C=O) groups is 2. The third-order valence-electron chi connectivity index (χ3n) is 5.69. The maximum atomic E-state index is 13.1. The Morgan fingerprint density at radius 1 is 1.21 bits per heavy atom. The molecule has 0 saturated carbocycles. The van der Waals surface area contributed by atoms with E-state index in [4.69, 9.17) is 9.47 Å². The molecule has 29 heavy (non-hydrogen) atoms. The fourth-order valence-corrected chi connectivity index (χ4v) is 4.13. The van der Waals surface area contributed by atoms with Crippen LogP contribution in [0.4, 0.5) is 0 Å². The summed E-state index contributed by atoms with van der Waals surface area (Å²) in [5.41, 5.74) is 3.22. The van der Waals surface area contributed by atoms with Gasteiger partial charge in [0.15, 0.2) is 11.5 Å².